The normalized spacial score (nSPS) is 30.9. The number of hydrogen-bond acceptors (Lipinski definition) is 2. The summed E-state index contributed by atoms with van der Waals surface area (Å²) in [5, 5.41) is 0. The van der Waals surface area contributed by atoms with E-state index in [0.717, 1.165) is 78.2 Å². The van der Waals surface area contributed by atoms with Crippen molar-refractivity contribution in [3.63, 3.8) is 0 Å². The average Bonchev–Trinajstić information content (AvgIpc) is 3.08. The predicted molar refractivity (Wildman–Crippen MR) is 187 cm³/mol. The molecule has 4 aliphatic carbocycles. The molecule has 2 aromatic rings. The summed E-state index contributed by atoms with van der Waals surface area (Å²) in [5.74, 6) is 6.51. The van der Waals surface area contributed by atoms with Crippen molar-refractivity contribution in [3.05, 3.63) is 59.7 Å². The second kappa shape index (κ2) is 17.9. The molecule has 0 saturated heterocycles. The maximum atomic E-state index is 12.2. The summed E-state index contributed by atoms with van der Waals surface area (Å²) in [6.45, 7) is 4.74. The van der Waals surface area contributed by atoms with Gasteiger partial charge < -0.3 is 9.47 Å². The maximum absolute atomic E-state index is 12.2. The number of ether oxygens (including phenoxy) is 2. The number of halogens is 6. The van der Waals surface area contributed by atoms with E-state index in [1.54, 1.807) is 24.3 Å². The van der Waals surface area contributed by atoms with E-state index in [4.69, 9.17) is 0 Å². The number of benzene rings is 2. The molecule has 4 saturated carbocycles. The third-order valence-corrected chi connectivity index (χ3v) is 12.7. The summed E-state index contributed by atoms with van der Waals surface area (Å²) < 4.78 is 81.1. The van der Waals surface area contributed by atoms with Gasteiger partial charge in [-0.15, -0.1) is 26.3 Å². The van der Waals surface area contributed by atoms with Gasteiger partial charge in [0.15, 0.2) is 0 Å². The first-order valence-corrected chi connectivity index (χ1v) is 19.5. The van der Waals surface area contributed by atoms with E-state index in [-0.39, 0.29) is 11.5 Å². The van der Waals surface area contributed by atoms with Crippen LogP contribution in [0.1, 0.15) is 140 Å². The quantitative estimate of drug-likeness (QED) is 0.254. The van der Waals surface area contributed by atoms with Crippen LogP contribution in [0.25, 0.3) is 0 Å². The van der Waals surface area contributed by atoms with Crippen LogP contribution < -0.4 is 9.47 Å². The fourth-order valence-electron chi connectivity index (χ4n) is 9.56. The SMILES string of the molecule is CC1CCC(C2CCC(CCc3ccc(OC(F)(F)F)cc3)CC2)CC1.CC1CCC(C2CCC(c3ccc(OC(F)(F)F)cc3)CC2)CC1. The van der Waals surface area contributed by atoms with Crippen molar-refractivity contribution in [1.29, 1.82) is 0 Å². The average molecular weight is 709 g/mol. The van der Waals surface area contributed by atoms with Gasteiger partial charge in [-0.3, -0.25) is 0 Å². The van der Waals surface area contributed by atoms with Gasteiger partial charge in [0.1, 0.15) is 11.5 Å². The van der Waals surface area contributed by atoms with Crippen molar-refractivity contribution in [2.75, 3.05) is 0 Å². The van der Waals surface area contributed by atoms with Crippen LogP contribution in [-0.4, -0.2) is 12.7 Å². The lowest BCUT2D eigenvalue weighted by Gasteiger charge is -2.37. The van der Waals surface area contributed by atoms with Gasteiger partial charge in [0.2, 0.25) is 0 Å². The van der Waals surface area contributed by atoms with Crippen LogP contribution in [0.5, 0.6) is 11.5 Å². The predicted octanol–water partition coefficient (Wildman–Crippen LogP) is 13.8. The van der Waals surface area contributed by atoms with Gasteiger partial charge >= 0.3 is 12.7 Å². The Balaban J connectivity index is 0.000000195. The minimum Gasteiger partial charge on any atom is -0.406 e. The minimum atomic E-state index is -4.61. The van der Waals surface area contributed by atoms with Crippen LogP contribution in [0.4, 0.5) is 26.3 Å². The first kappa shape index (κ1) is 38.8. The fourth-order valence-corrected chi connectivity index (χ4v) is 9.56. The smallest absolute Gasteiger partial charge is 0.406 e. The molecule has 50 heavy (non-hydrogen) atoms. The molecule has 0 aliphatic heterocycles. The third kappa shape index (κ3) is 12.7. The van der Waals surface area contributed by atoms with E-state index in [2.05, 4.69) is 23.3 Å². The lowest BCUT2D eigenvalue weighted by Crippen LogP contribution is -2.25. The van der Waals surface area contributed by atoms with E-state index in [9.17, 15) is 26.3 Å². The van der Waals surface area contributed by atoms with Crippen molar-refractivity contribution >= 4 is 0 Å². The van der Waals surface area contributed by atoms with Crippen LogP contribution in [-0.2, 0) is 6.42 Å². The van der Waals surface area contributed by atoms with Crippen LogP contribution in [0.2, 0.25) is 0 Å². The molecule has 8 heteroatoms. The minimum absolute atomic E-state index is 0.128. The monoisotopic (exact) mass is 708 g/mol. The summed E-state index contributed by atoms with van der Waals surface area (Å²) in [6, 6.07) is 12.8. The lowest BCUT2D eigenvalue weighted by atomic mass is 9.68. The Morgan fingerprint density at radius 3 is 1.24 bits per heavy atom. The Morgan fingerprint density at radius 1 is 0.480 bits per heavy atom. The zero-order chi connectivity index (χ0) is 35.7. The highest BCUT2D eigenvalue weighted by Crippen LogP contribution is 2.45. The number of aryl methyl sites for hydroxylation is 1. The van der Waals surface area contributed by atoms with Crippen molar-refractivity contribution in [1.82, 2.24) is 0 Å². The van der Waals surface area contributed by atoms with E-state index >= 15 is 0 Å². The van der Waals surface area contributed by atoms with Crippen LogP contribution in [0.3, 0.4) is 0 Å². The molecule has 0 unspecified atom stereocenters. The molecule has 0 amide bonds. The zero-order valence-corrected chi connectivity index (χ0v) is 30.0. The second-order valence-corrected chi connectivity index (χ2v) is 16.3. The van der Waals surface area contributed by atoms with Crippen LogP contribution in [0.15, 0.2) is 48.5 Å². The molecule has 4 aliphatic rings. The zero-order valence-electron chi connectivity index (χ0n) is 30.0. The molecular weight excluding hydrogens is 650 g/mol. The van der Waals surface area contributed by atoms with Gasteiger partial charge in [-0.1, -0.05) is 76.6 Å². The Hall–Kier alpha value is -2.38. The number of rotatable bonds is 8. The summed E-state index contributed by atoms with van der Waals surface area (Å²) in [4.78, 5) is 0. The largest absolute Gasteiger partial charge is 0.573 e. The molecule has 280 valence electrons. The first-order valence-electron chi connectivity index (χ1n) is 19.5. The van der Waals surface area contributed by atoms with Crippen molar-refractivity contribution in [2.24, 2.45) is 41.4 Å². The standard InChI is InChI=1S/C22H31F3O.C20H27F3O/c1-16-2-10-19(11-3-16)20-12-6-17(7-13-20)4-5-18-8-14-21(15-9-18)26-22(23,24)25;1-14-2-4-15(5-3-14)16-6-8-17(9-7-16)18-10-12-19(13-11-18)24-20(21,22)23/h8-9,14-17,19-20H,2-7,10-13H2,1H3;10-17H,2-9H2,1H3. The van der Waals surface area contributed by atoms with E-state index < -0.39 is 12.7 Å². The third-order valence-electron chi connectivity index (χ3n) is 12.7. The highest BCUT2D eigenvalue weighted by molar-refractivity contribution is 5.30. The van der Waals surface area contributed by atoms with E-state index in [1.165, 1.54) is 114 Å². The fraction of sp³-hybridized carbons (Fsp3) is 0.714. The van der Waals surface area contributed by atoms with Crippen LogP contribution >= 0.6 is 0 Å². The van der Waals surface area contributed by atoms with Gasteiger partial charge in [0.25, 0.3) is 0 Å². The first-order chi connectivity index (χ1) is 23.8. The van der Waals surface area contributed by atoms with Gasteiger partial charge in [-0.05, 0) is 160 Å². The summed E-state index contributed by atoms with van der Waals surface area (Å²) in [7, 11) is 0. The molecule has 2 nitrogen and oxygen atoms in total. The Bertz CT molecular complexity index is 1240. The molecule has 0 atom stereocenters. The lowest BCUT2D eigenvalue weighted by molar-refractivity contribution is -0.275. The Kier molecular flexibility index (Phi) is 13.9. The van der Waals surface area contributed by atoms with Crippen molar-refractivity contribution in [2.45, 2.75) is 148 Å². The maximum Gasteiger partial charge on any atom is 0.573 e. The molecule has 0 bridgehead atoms. The Labute approximate surface area is 296 Å². The molecular formula is C42H58F6O2. The summed E-state index contributed by atoms with van der Waals surface area (Å²) in [6.07, 6.45) is 14.4. The van der Waals surface area contributed by atoms with E-state index in [0.29, 0.717) is 5.92 Å². The molecule has 2 aromatic carbocycles. The van der Waals surface area contributed by atoms with E-state index in [1.807, 2.05) is 0 Å². The molecule has 6 rings (SSSR count). The molecule has 0 N–H and O–H groups in total. The Morgan fingerprint density at radius 2 is 0.840 bits per heavy atom. The molecule has 0 radical (unpaired) electrons. The van der Waals surface area contributed by atoms with Gasteiger partial charge in [0.05, 0.1) is 0 Å². The van der Waals surface area contributed by atoms with Crippen molar-refractivity contribution in [3.8, 4) is 11.5 Å². The highest BCUT2D eigenvalue weighted by Gasteiger charge is 2.33. The molecule has 0 heterocycles. The molecule has 0 aromatic heterocycles. The summed E-state index contributed by atoms with van der Waals surface area (Å²) in [5.41, 5.74) is 2.25. The van der Waals surface area contributed by atoms with Crippen molar-refractivity contribution < 1.29 is 35.8 Å². The highest BCUT2D eigenvalue weighted by atomic mass is 19.4. The number of alkyl halides is 6. The number of hydrogen-bond donors (Lipinski definition) is 0. The van der Waals surface area contributed by atoms with Gasteiger partial charge in [-0.25, -0.2) is 0 Å². The van der Waals surface area contributed by atoms with Gasteiger partial charge in [-0.2, -0.15) is 0 Å². The molecule has 0 spiro atoms. The van der Waals surface area contributed by atoms with Crippen LogP contribution in [0, 0.1) is 41.4 Å². The summed E-state index contributed by atoms with van der Waals surface area (Å²) >= 11 is 0. The molecule has 4 fully saturated rings. The van der Waals surface area contributed by atoms with Gasteiger partial charge in [0, 0.05) is 0 Å². The topological polar surface area (TPSA) is 18.5 Å². The second-order valence-electron chi connectivity index (χ2n) is 16.3.